The molecule has 0 radical (unpaired) electrons. The molecule has 0 aliphatic rings. The zero-order chi connectivity index (χ0) is 25.8. The van der Waals surface area contributed by atoms with E-state index >= 15 is 0 Å². The lowest BCUT2D eigenvalue weighted by Crippen LogP contribution is -2.11. The van der Waals surface area contributed by atoms with Crippen LogP contribution in [0.4, 0.5) is 5.69 Å². The minimum atomic E-state index is -0.270. The Kier molecular flexibility index (Phi) is 5.51. The molecule has 0 atom stereocenters. The molecule has 0 aliphatic carbocycles. The van der Waals surface area contributed by atoms with Crippen molar-refractivity contribution in [3.05, 3.63) is 106 Å². The fraction of sp³-hybridized carbons (Fsp3) is 0.250. The molecule has 5 rings (SSSR count). The van der Waals surface area contributed by atoms with Crippen molar-refractivity contribution >= 4 is 27.5 Å². The molecule has 5 aromatic rings. The number of nitrogens with zero attached hydrogens (tertiary/aromatic N) is 2. The topological polar surface area (TPSA) is 48.1 Å². The Morgan fingerprint density at radius 2 is 1.31 bits per heavy atom. The summed E-state index contributed by atoms with van der Waals surface area (Å²) in [6, 6.07) is 28.6. The van der Waals surface area contributed by atoms with Gasteiger partial charge in [-0.25, -0.2) is 0 Å². The molecular formula is C32H32N2O2. The molecule has 0 saturated heterocycles. The monoisotopic (exact) mass is 476 g/mol. The molecule has 0 amide bonds. The fourth-order valence-electron chi connectivity index (χ4n) is 4.98. The van der Waals surface area contributed by atoms with Crippen LogP contribution in [0.2, 0.25) is 0 Å². The summed E-state index contributed by atoms with van der Waals surface area (Å²) in [5.74, 6) is 0. The van der Waals surface area contributed by atoms with Gasteiger partial charge in [0.25, 0.3) is 5.69 Å². The lowest BCUT2D eigenvalue weighted by atomic mass is 9.84. The molecule has 182 valence electrons. The average Bonchev–Trinajstić information content (AvgIpc) is 3.17. The summed E-state index contributed by atoms with van der Waals surface area (Å²) in [5.41, 5.74) is 6.93. The van der Waals surface area contributed by atoms with Crippen molar-refractivity contribution in [1.82, 2.24) is 4.57 Å². The van der Waals surface area contributed by atoms with Crippen LogP contribution in [0.25, 0.3) is 38.6 Å². The number of hydrogen-bond acceptors (Lipinski definition) is 2. The summed E-state index contributed by atoms with van der Waals surface area (Å²) < 4.78 is 2.25. The second-order valence-electron chi connectivity index (χ2n) is 11.6. The lowest BCUT2D eigenvalue weighted by Gasteiger charge is -2.20. The highest BCUT2D eigenvalue weighted by atomic mass is 16.6. The predicted molar refractivity (Wildman–Crippen MR) is 150 cm³/mol. The number of para-hydroxylation sites is 2. The molecule has 0 N–H and O–H groups in total. The van der Waals surface area contributed by atoms with Gasteiger partial charge in [-0.3, -0.25) is 10.1 Å². The molecule has 4 heteroatoms. The number of hydrogen-bond donors (Lipinski definition) is 0. The molecule has 0 spiro atoms. The molecule has 4 aromatic carbocycles. The van der Waals surface area contributed by atoms with Gasteiger partial charge in [-0.2, -0.15) is 0 Å². The smallest absolute Gasteiger partial charge is 0.277 e. The Morgan fingerprint density at radius 1 is 0.667 bits per heavy atom. The second-order valence-corrected chi connectivity index (χ2v) is 11.6. The van der Waals surface area contributed by atoms with Gasteiger partial charge < -0.3 is 4.57 Å². The van der Waals surface area contributed by atoms with Crippen molar-refractivity contribution in [3.8, 4) is 16.8 Å². The maximum absolute atomic E-state index is 12.2. The number of nitro groups is 1. The minimum Gasteiger partial charge on any atom is -0.309 e. The summed E-state index contributed by atoms with van der Waals surface area (Å²) in [5, 5.41) is 14.4. The minimum absolute atomic E-state index is 0.00674. The van der Waals surface area contributed by atoms with Gasteiger partial charge in [0.1, 0.15) is 0 Å². The molecule has 4 nitrogen and oxygen atoms in total. The zero-order valence-corrected chi connectivity index (χ0v) is 21.8. The Labute approximate surface area is 212 Å². The van der Waals surface area contributed by atoms with Crippen molar-refractivity contribution in [2.24, 2.45) is 0 Å². The third-order valence-corrected chi connectivity index (χ3v) is 7.02. The van der Waals surface area contributed by atoms with Gasteiger partial charge in [0.15, 0.2) is 0 Å². The van der Waals surface area contributed by atoms with E-state index in [2.05, 4.69) is 82.5 Å². The van der Waals surface area contributed by atoms with Crippen LogP contribution < -0.4 is 0 Å². The van der Waals surface area contributed by atoms with Gasteiger partial charge in [-0.15, -0.1) is 0 Å². The number of nitro benzene ring substituents is 1. The van der Waals surface area contributed by atoms with Crippen molar-refractivity contribution in [2.45, 2.75) is 52.4 Å². The Balaban J connectivity index is 1.96. The summed E-state index contributed by atoms with van der Waals surface area (Å²) in [4.78, 5) is 11.9. The molecule has 0 bridgehead atoms. The van der Waals surface area contributed by atoms with Crippen molar-refractivity contribution < 1.29 is 4.92 Å². The zero-order valence-electron chi connectivity index (χ0n) is 21.8. The van der Waals surface area contributed by atoms with E-state index in [1.165, 1.54) is 5.56 Å². The molecule has 0 fully saturated rings. The van der Waals surface area contributed by atoms with Gasteiger partial charge >= 0.3 is 0 Å². The summed E-state index contributed by atoms with van der Waals surface area (Å²) in [7, 11) is 0. The van der Waals surface area contributed by atoms with E-state index in [-0.39, 0.29) is 21.4 Å². The normalized spacial score (nSPS) is 12.4. The first-order chi connectivity index (χ1) is 17.0. The van der Waals surface area contributed by atoms with E-state index in [0.717, 1.165) is 38.6 Å². The lowest BCUT2D eigenvalue weighted by molar-refractivity contribution is -0.384. The van der Waals surface area contributed by atoms with Crippen LogP contribution in [0.15, 0.2) is 84.9 Å². The van der Waals surface area contributed by atoms with Crippen LogP contribution in [0.3, 0.4) is 0 Å². The molecule has 0 unspecified atom stereocenters. The highest BCUT2D eigenvalue weighted by molar-refractivity contribution is 6.14. The average molecular weight is 477 g/mol. The maximum Gasteiger partial charge on any atom is 0.277 e. The van der Waals surface area contributed by atoms with Crippen molar-refractivity contribution in [1.29, 1.82) is 0 Å². The molecule has 0 aliphatic heterocycles. The highest BCUT2D eigenvalue weighted by Crippen LogP contribution is 2.43. The van der Waals surface area contributed by atoms with Crippen LogP contribution in [-0.4, -0.2) is 9.49 Å². The Morgan fingerprint density at radius 3 is 1.94 bits per heavy atom. The first-order valence-electron chi connectivity index (χ1n) is 12.4. The van der Waals surface area contributed by atoms with Gasteiger partial charge in [0.2, 0.25) is 0 Å². The molecule has 1 heterocycles. The molecule has 36 heavy (non-hydrogen) atoms. The molecule has 1 aromatic heterocycles. The summed E-state index contributed by atoms with van der Waals surface area (Å²) in [6.45, 7) is 13.1. The van der Waals surface area contributed by atoms with E-state index in [4.69, 9.17) is 0 Å². The number of benzene rings is 4. The van der Waals surface area contributed by atoms with E-state index in [0.29, 0.717) is 5.56 Å². The molecular weight excluding hydrogens is 444 g/mol. The summed E-state index contributed by atoms with van der Waals surface area (Å²) >= 11 is 0. The van der Waals surface area contributed by atoms with Crippen molar-refractivity contribution in [2.75, 3.05) is 0 Å². The van der Waals surface area contributed by atoms with Crippen molar-refractivity contribution in [3.63, 3.8) is 0 Å². The second kappa shape index (κ2) is 8.34. The van der Waals surface area contributed by atoms with Crippen LogP contribution >= 0.6 is 0 Å². The SMILES string of the molecule is CC(C)(C)c1ccc([N+](=O)[O-])c(-c2cccc3c4cc(C(C)(C)C)ccc4n(-c4ccccc4)c23)c1. The predicted octanol–water partition coefficient (Wildman–Crippen LogP) is 8.95. The maximum atomic E-state index is 12.2. The van der Waals surface area contributed by atoms with E-state index < -0.39 is 0 Å². The number of aromatic nitrogens is 1. The van der Waals surface area contributed by atoms with Gasteiger partial charge in [0.05, 0.1) is 21.5 Å². The standard InChI is InChI=1S/C32H32N2O2/c1-31(2,3)21-15-17-28-26(19-21)24-13-10-14-25(30(24)33(28)23-11-8-7-9-12-23)27-20-22(32(4,5)6)16-18-29(27)34(35)36/h7-20H,1-6H3. The number of rotatable bonds is 3. The Hall–Kier alpha value is -3.92. The first kappa shape index (κ1) is 23.8. The van der Waals surface area contributed by atoms with E-state index in [1.54, 1.807) is 6.07 Å². The van der Waals surface area contributed by atoms with E-state index in [9.17, 15) is 10.1 Å². The highest BCUT2D eigenvalue weighted by Gasteiger charge is 2.25. The largest absolute Gasteiger partial charge is 0.309 e. The van der Waals surface area contributed by atoms with Gasteiger partial charge in [0, 0.05) is 28.1 Å². The Bertz CT molecular complexity index is 1610. The summed E-state index contributed by atoms with van der Waals surface area (Å²) in [6.07, 6.45) is 0. The quantitative estimate of drug-likeness (QED) is 0.193. The van der Waals surface area contributed by atoms with Crippen LogP contribution in [-0.2, 0) is 10.8 Å². The van der Waals surface area contributed by atoms with Crippen LogP contribution in [0.5, 0.6) is 0 Å². The van der Waals surface area contributed by atoms with Crippen LogP contribution in [0, 0.1) is 10.1 Å². The third-order valence-electron chi connectivity index (χ3n) is 7.02. The molecule has 0 saturated carbocycles. The number of fused-ring (bicyclic) bond motifs is 3. The van der Waals surface area contributed by atoms with Crippen LogP contribution in [0.1, 0.15) is 52.7 Å². The third kappa shape index (κ3) is 3.97. The van der Waals surface area contributed by atoms with Gasteiger partial charge in [-0.1, -0.05) is 90.1 Å². The van der Waals surface area contributed by atoms with Gasteiger partial charge in [-0.05, 0) is 52.3 Å². The first-order valence-corrected chi connectivity index (χ1v) is 12.4. The fourth-order valence-corrected chi connectivity index (χ4v) is 4.98. The van der Waals surface area contributed by atoms with E-state index in [1.807, 2.05) is 42.5 Å².